The van der Waals surface area contributed by atoms with Gasteiger partial charge in [0.25, 0.3) is 0 Å². The molecule has 2 aromatic rings. The highest BCUT2D eigenvalue weighted by atomic mass is 35.5. The van der Waals surface area contributed by atoms with E-state index >= 15 is 0 Å². The Bertz CT molecular complexity index is 738. The van der Waals surface area contributed by atoms with E-state index in [9.17, 15) is 4.79 Å². The van der Waals surface area contributed by atoms with E-state index in [1.165, 1.54) is 11.3 Å². The van der Waals surface area contributed by atoms with Gasteiger partial charge in [0.1, 0.15) is 0 Å². The molecule has 138 valence electrons. The van der Waals surface area contributed by atoms with Crippen molar-refractivity contribution in [1.29, 1.82) is 0 Å². The summed E-state index contributed by atoms with van der Waals surface area (Å²) < 4.78 is 0. The topological polar surface area (TPSA) is 57.3 Å². The molecule has 0 aliphatic carbocycles. The van der Waals surface area contributed by atoms with Crippen LogP contribution in [0.3, 0.4) is 0 Å². The van der Waals surface area contributed by atoms with E-state index in [-0.39, 0.29) is 6.03 Å². The normalized spacial score (nSPS) is 16.5. The summed E-state index contributed by atoms with van der Waals surface area (Å²) in [5.74, 6) is 0.454. The standard InChI is InChI=1S/C20H25ClN4O/c1-15-5-6-17(21)12-19(15)25-11-8-16(14-25)13-24-20(26)23-10-7-18-4-2-3-9-22-18/h2-6,9,12,16H,7-8,10-11,13-14H2,1H3,(H2,23,24,26)/t16-/m0/s1. The maximum atomic E-state index is 12.0. The third-order valence-electron chi connectivity index (χ3n) is 4.74. The number of amides is 2. The lowest BCUT2D eigenvalue weighted by molar-refractivity contribution is 0.239. The van der Waals surface area contributed by atoms with Crippen LogP contribution < -0.4 is 15.5 Å². The van der Waals surface area contributed by atoms with Gasteiger partial charge in [-0.1, -0.05) is 23.7 Å². The van der Waals surface area contributed by atoms with E-state index in [4.69, 9.17) is 11.6 Å². The number of urea groups is 1. The molecular formula is C20H25ClN4O. The van der Waals surface area contributed by atoms with Crippen molar-refractivity contribution < 1.29 is 4.79 Å². The summed E-state index contributed by atoms with van der Waals surface area (Å²) >= 11 is 6.13. The lowest BCUT2D eigenvalue weighted by atomic mass is 10.1. The summed E-state index contributed by atoms with van der Waals surface area (Å²) in [5.41, 5.74) is 3.41. The highest BCUT2D eigenvalue weighted by Gasteiger charge is 2.24. The van der Waals surface area contributed by atoms with E-state index in [0.29, 0.717) is 19.0 Å². The minimum absolute atomic E-state index is 0.113. The first-order valence-electron chi connectivity index (χ1n) is 9.04. The van der Waals surface area contributed by atoms with Gasteiger partial charge in [0.15, 0.2) is 0 Å². The number of rotatable bonds is 6. The zero-order valence-corrected chi connectivity index (χ0v) is 15.8. The van der Waals surface area contributed by atoms with E-state index in [1.54, 1.807) is 6.20 Å². The average Bonchev–Trinajstić information content (AvgIpc) is 3.12. The van der Waals surface area contributed by atoms with Crippen LogP contribution in [0.15, 0.2) is 42.6 Å². The number of hydrogen-bond donors (Lipinski definition) is 2. The molecule has 1 fully saturated rings. The molecule has 0 unspecified atom stereocenters. The molecule has 1 aliphatic heterocycles. The van der Waals surface area contributed by atoms with Crippen LogP contribution in [0.1, 0.15) is 17.7 Å². The minimum Gasteiger partial charge on any atom is -0.371 e. The summed E-state index contributed by atoms with van der Waals surface area (Å²) in [6.45, 7) is 5.31. The van der Waals surface area contributed by atoms with Crippen molar-refractivity contribution in [3.8, 4) is 0 Å². The number of nitrogens with zero attached hydrogens (tertiary/aromatic N) is 2. The second kappa shape index (κ2) is 8.90. The molecule has 2 N–H and O–H groups in total. The number of hydrogen-bond acceptors (Lipinski definition) is 3. The molecule has 1 aromatic heterocycles. The van der Waals surface area contributed by atoms with Crippen molar-refractivity contribution >= 4 is 23.3 Å². The Hall–Kier alpha value is -2.27. The number of benzene rings is 1. The van der Waals surface area contributed by atoms with Crippen LogP contribution in [-0.2, 0) is 6.42 Å². The number of halogens is 1. The van der Waals surface area contributed by atoms with Crippen molar-refractivity contribution in [2.75, 3.05) is 31.1 Å². The maximum absolute atomic E-state index is 12.0. The molecule has 5 nitrogen and oxygen atoms in total. The van der Waals surface area contributed by atoms with Crippen LogP contribution in [0.4, 0.5) is 10.5 Å². The Balaban J connectivity index is 1.39. The predicted molar refractivity (Wildman–Crippen MR) is 106 cm³/mol. The second-order valence-electron chi connectivity index (χ2n) is 6.74. The molecule has 1 aliphatic rings. The third-order valence-corrected chi connectivity index (χ3v) is 4.98. The smallest absolute Gasteiger partial charge is 0.314 e. The number of aromatic nitrogens is 1. The van der Waals surface area contributed by atoms with Gasteiger partial charge in [-0.3, -0.25) is 4.98 Å². The molecule has 0 radical (unpaired) electrons. The van der Waals surface area contributed by atoms with Gasteiger partial charge in [-0.05, 0) is 49.1 Å². The molecule has 26 heavy (non-hydrogen) atoms. The monoisotopic (exact) mass is 372 g/mol. The van der Waals surface area contributed by atoms with Crippen LogP contribution in [0.2, 0.25) is 5.02 Å². The SMILES string of the molecule is Cc1ccc(Cl)cc1N1CC[C@@H](CNC(=O)NCCc2ccccn2)C1. The number of pyridine rings is 1. The van der Waals surface area contributed by atoms with Gasteiger partial charge in [0, 0.05) is 55.2 Å². The van der Waals surface area contributed by atoms with E-state index in [2.05, 4.69) is 33.5 Å². The summed E-state index contributed by atoms with van der Waals surface area (Å²) in [6.07, 6.45) is 3.57. The first-order valence-corrected chi connectivity index (χ1v) is 9.42. The van der Waals surface area contributed by atoms with Crippen LogP contribution in [-0.4, -0.2) is 37.2 Å². The van der Waals surface area contributed by atoms with Crippen molar-refractivity contribution in [2.24, 2.45) is 5.92 Å². The van der Waals surface area contributed by atoms with E-state index in [1.807, 2.05) is 30.3 Å². The summed E-state index contributed by atoms with van der Waals surface area (Å²) in [5, 5.41) is 6.64. The van der Waals surface area contributed by atoms with Crippen molar-refractivity contribution in [3.63, 3.8) is 0 Å². The minimum atomic E-state index is -0.113. The fraction of sp³-hybridized carbons (Fsp3) is 0.400. The van der Waals surface area contributed by atoms with Crippen molar-refractivity contribution in [1.82, 2.24) is 15.6 Å². The van der Waals surface area contributed by atoms with Gasteiger partial charge in [0.2, 0.25) is 0 Å². The summed E-state index contributed by atoms with van der Waals surface area (Å²) in [6, 6.07) is 11.7. The van der Waals surface area contributed by atoms with Gasteiger partial charge in [-0.25, -0.2) is 4.79 Å². The van der Waals surface area contributed by atoms with Gasteiger partial charge >= 0.3 is 6.03 Å². The highest BCUT2D eigenvalue weighted by molar-refractivity contribution is 6.30. The molecule has 1 saturated heterocycles. The largest absolute Gasteiger partial charge is 0.371 e. The average molecular weight is 373 g/mol. The van der Waals surface area contributed by atoms with Gasteiger partial charge in [0.05, 0.1) is 0 Å². The Morgan fingerprint density at radius 3 is 3.00 bits per heavy atom. The number of nitrogens with one attached hydrogen (secondary N) is 2. The second-order valence-corrected chi connectivity index (χ2v) is 7.18. The Morgan fingerprint density at radius 2 is 2.19 bits per heavy atom. The van der Waals surface area contributed by atoms with Gasteiger partial charge in [-0.2, -0.15) is 0 Å². The number of carbonyl (C=O) groups excluding carboxylic acids is 1. The molecule has 2 amide bonds. The Morgan fingerprint density at radius 1 is 1.31 bits per heavy atom. The molecule has 0 spiro atoms. The van der Waals surface area contributed by atoms with Gasteiger partial charge < -0.3 is 15.5 Å². The molecule has 6 heteroatoms. The van der Waals surface area contributed by atoms with Crippen LogP contribution in [0.5, 0.6) is 0 Å². The molecule has 0 saturated carbocycles. The highest BCUT2D eigenvalue weighted by Crippen LogP contribution is 2.29. The lowest BCUT2D eigenvalue weighted by Crippen LogP contribution is -2.39. The molecular weight excluding hydrogens is 348 g/mol. The van der Waals surface area contributed by atoms with Gasteiger partial charge in [-0.15, -0.1) is 0 Å². The number of carbonyl (C=O) groups is 1. The Kier molecular flexibility index (Phi) is 6.34. The third kappa shape index (κ3) is 5.11. The lowest BCUT2D eigenvalue weighted by Gasteiger charge is -2.21. The molecule has 3 rings (SSSR count). The van der Waals surface area contributed by atoms with Crippen LogP contribution in [0, 0.1) is 12.8 Å². The zero-order valence-electron chi connectivity index (χ0n) is 15.0. The first kappa shape index (κ1) is 18.5. The number of anilines is 1. The van der Waals surface area contributed by atoms with E-state index < -0.39 is 0 Å². The molecule has 1 atom stereocenters. The Labute approximate surface area is 159 Å². The van der Waals surface area contributed by atoms with Crippen molar-refractivity contribution in [3.05, 3.63) is 58.9 Å². The fourth-order valence-electron chi connectivity index (χ4n) is 3.29. The molecule has 2 heterocycles. The van der Waals surface area contributed by atoms with Crippen molar-refractivity contribution in [2.45, 2.75) is 19.8 Å². The fourth-order valence-corrected chi connectivity index (χ4v) is 3.46. The quantitative estimate of drug-likeness (QED) is 0.817. The predicted octanol–water partition coefficient (Wildman–Crippen LogP) is 3.41. The summed E-state index contributed by atoms with van der Waals surface area (Å²) in [7, 11) is 0. The summed E-state index contributed by atoms with van der Waals surface area (Å²) in [4.78, 5) is 18.6. The van der Waals surface area contributed by atoms with Crippen LogP contribution >= 0.6 is 11.6 Å². The zero-order chi connectivity index (χ0) is 18.4. The molecule has 0 bridgehead atoms. The first-order chi connectivity index (χ1) is 12.6. The van der Waals surface area contributed by atoms with Crippen LogP contribution in [0.25, 0.3) is 0 Å². The number of aryl methyl sites for hydroxylation is 1. The molecule has 1 aromatic carbocycles. The maximum Gasteiger partial charge on any atom is 0.314 e. The van der Waals surface area contributed by atoms with E-state index in [0.717, 1.165) is 36.6 Å².